The SMILES string of the molecule is C=C(C)CN(CC)C(=O)COC(=O)c1c(C)nn(C)c1Cl. The molecule has 0 atom stereocenters. The first-order chi connectivity index (χ1) is 9.77. The summed E-state index contributed by atoms with van der Waals surface area (Å²) in [6.07, 6.45) is 0. The van der Waals surface area contributed by atoms with Gasteiger partial charge in [-0.05, 0) is 20.8 Å². The lowest BCUT2D eigenvalue weighted by Gasteiger charge is -2.20. The molecule has 1 aromatic heterocycles. The van der Waals surface area contributed by atoms with Crippen LogP contribution in [-0.4, -0.2) is 46.3 Å². The molecular weight excluding hydrogens is 294 g/mol. The molecule has 21 heavy (non-hydrogen) atoms. The van der Waals surface area contributed by atoms with Gasteiger partial charge in [-0.3, -0.25) is 9.48 Å². The Kier molecular flexibility index (Phi) is 5.96. The van der Waals surface area contributed by atoms with Crippen LogP contribution in [0.1, 0.15) is 29.9 Å². The second-order valence-electron chi connectivity index (χ2n) is 4.82. The van der Waals surface area contributed by atoms with Gasteiger partial charge in [-0.15, -0.1) is 0 Å². The van der Waals surface area contributed by atoms with Crippen molar-refractivity contribution in [3.63, 3.8) is 0 Å². The van der Waals surface area contributed by atoms with E-state index in [0.29, 0.717) is 18.8 Å². The van der Waals surface area contributed by atoms with Gasteiger partial charge < -0.3 is 9.64 Å². The van der Waals surface area contributed by atoms with E-state index in [4.69, 9.17) is 16.3 Å². The number of carbonyl (C=O) groups is 2. The molecular formula is C14H20ClN3O3. The van der Waals surface area contributed by atoms with Crippen LogP contribution in [0.3, 0.4) is 0 Å². The number of hydrogen-bond donors (Lipinski definition) is 0. The molecule has 0 unspecified atom stereocenters. The molecule has 0 aliphatic carbocycles. The quantitative estimate of drug-likeness (QED) is 0.595. The zero-order valence-corrected chi connectivity index (χ0v) is 13.5. The Morgan fingerprint density at radius 1 is 1.48 bits per heavy atom. The summed E-state index contributed by atoms with van der Waals surface area (Å²) in [6.45, 7) is 9.75. The van der Waals surface area contributed by atoms with Gasteiger partial charge in [-0.25, -0.2) is 4.79 Å². The molecule has 116 valence electrons. The molecule has 1 rings (SSSR count). The van der Waals surface area contributed by atoms with Crippen molar-refractivity contribution in [1.29, 1.82) is 0 Å². The number of ether oxygens (including phenoxy) is 1. The van der Waals surface area contributed by atoms with Crippen LogP contribution in [0.25, 0.3) is 0 Å². The van der Waals surface area contributed by atoms with Gasteiger partial charge in [0.25, 0.3) is 5.91 Å². The van der Waals surface area contributed by atoms with Gasteiger partial charge in [0.05, 0.1) is 5.69 Å². The fraction of sp³-hybridized carbons (Fsp3) is 0.500. The lowest BCUT2D eigenvalue weighted by atomic mass is 10.3. The number of likely N-dealkylation sites (N-methyl/N-ethyl adjacent to an activating group) is 1. The molecule has 7 heteroatoms. The highest BCUT2D eigenvalue weighted by Gasteiger charge is 2.22. The van der Waals surface area contributed by atoms with E-state index in [1.165, 1.54) is 4.68 Å². The summed E-state index contributed by atoms with van der Waals surface area (Å²) in [5.41, 5.74) is 1.52. The number of carbonyl (C=O) groups excluding carboxylic acids is 2. The van der Waals surface area contributed by atoms with Crippen molar-refractivity contribution in [2.75, 3.05) is 19.7 Å². The molecule has 0 fully saturated rings. The van der Waals surface area contributed by atoms with E-state index in [0.717, 1.165) is 5.57 Å². The maximum atomic E-state index is 12.0. The fourth-order valence-corrected chi connectivity index (χ4v) is 2.11. The molecule has 0 saturated heterocycles. The zero-order chi connectivity index (χ0) is 16.2. The van der Waals surface area contributed by atoms with Crippen molar-refractivity contribution in [2.45, 2.75) is 20.8 Å². The molecule has 0 aliphatic rings. The van der Waals surface area contributed by atoms with Gasteiger partial charge in [0.15, 0.2) is 6.61 Å². The molecule has 1 heterocycles. The number of aryl methyl sites for hydroxylation is 2. The summed E-state index contributed by atoms with van der Waals surface area (Å²) >= 11 is 5.98. The summed E-state index contributed by atoms with van der Waals surface area (Å²) in [6, 6.07) is 0. The maximum absolute atomic E-state index is 12.0. The van der Waals surface area contributed by atoms with Gasteiger partial charge in [0.1, 0.15) is 10.7 Å². The van der Waals surface area contributed by atoms with Crippen LogP contribution in [0.15, 0.2) is 12.2 Å². The number of halogens is 1. The third kappa shape index (κ3) is 4.32. The minimum absolute atomic E-state index is 0.190. The molecule has 1 amide bonds. The van der Waals surface area contributed by atoms with Crippen LogP contribution in [-0.2, 0) is 16.6 Å². The van der Waals surface area contributed by atoms with E-state index < -0.39 is 5.97 Å². The van der Waals surface area contributed by atoms with Crippen LogP contribution in [0.5, 0.6) is 0 Å². The lowest BCUT2D eigenvalue weighted by Crippen LogP contribution is -2.35. The topological polar surface area (TPSA) is 64.4 Å². The van der Waals surface area contributed by atoms with Gasteiger partial charge in [-0.1, -0.05) is 23.8 Å². The first kappa shape index (κ1) is 17.2. The monoisotopic (exact) mass is 313 g/mol. The highest BCUT2D eigenvalue weighted by molar-refractivity contribution is 6.32. The summed E-state index contributed by atoms with van der Waals surface area (Å²) < 4.78 is 6.42. The average molecular weight is 314 g/mol. The minimum atomic E-state index is -0.648. The second-order valence-corrected chi connectivity index (χ2v) is 5.17. The van der Waals surface area contributed by atoms with Crippen molar-refractivity contribution in [1.82, 2.24) is 14.7 Å². The smallest absolute Gasteiger partial charge is 0.343 e. The molecule has 0 aliphatic heterocycles. The second kappa shape index (κ2) is 7.26. The number of nitrogens with zero attached hydrogens (tertiary/aromatic N) is 3. The minimum Gasteiger partial charge on any atom is -0.452 e. The van der Waals surface area contributed by atoms with Crippen molar-refractivity contribution in [3.8, 4) is 0 Å². The highest BCUT2D eigenvalue weighted by Crippen LogP contribution is 2.19. The number of esters is 1. The van der Waals surface area contributed by atoms with Gasteiger partial charge >= 0.3 is 5.97 Å². The Labute approximate surface area is 129 Å². The summed E-state index contributed by atoms with van der Waals surface area (Å²) in [5, 5.41) is 4.22. The van der Waals surface area contributed by atoms with Crippen LogP contribution in [0.2, 0.25) is 5.15 Å². The molecule has 0 bridgehead atoms. The third-order valence-corrected chi connectivity index (χ3v) is 3.31. The van der Waals surface area contributed by atoms with E-state index in [9.17, 15) is 9.59 Å². The lowest BCUT2D eigenvalue weighted by molar-refractivity contribution is -0.133. The fourth-order valence-electron chi connectivity index (χ4n) is 1.85. The van der Waals surface area contributed by atoms with E-state index in [-0.39, 0.29) is 23.2 Å². The van der Waals surface area contributed by atoms with Crippen LogP contribution in [0, 0.1) is 6.92 Å². The summed E-state index contributed by atoms with van der Waals surface area (Å²) in [5.74, 6) is -0.920. The van der Waals surface area contributed by atoms with E-state index in [2.05, 4.69) is 11.7 Å². The van der Waals surface area contributed by atoms with Crippen LogP contribution in [0.4, 0.5) is 0 Å². The van der Waals surface area contributed by atoms with Crippen molar-refractivity contribution in [2.24, 2.45) is 7.05 Å². The van der Waals surface area contributed by atoms with Crippen LogP contribution >= 0.6 is 11.6 Å². The Balaban J connectivity index is 2.68. The van der Waals surface area contributed by atoms with E-state index in [1.54, 1.807) is 18.9 Å². The predicted molar refractivity (Wildman–Crippen MR) is 80.3 cm³/mol. The zero-order valence-electron chi connectivity index (χ0n) is 12.8. The van der Waals surface area contributed by atoms with Gasteiger partial charge in [0.2, 0.25) is 0 Å². The number of hydrogen-bond acceptors (Lipinski definition) is 4. The molecule has 6 nitrogen and oxygen atoms in total. The normalized spacial score (nSPS) is 10.3. The third-order valence-electron chi connectivity index (χ3n) is 2.88. The molecule has 0 spiro atoms. The Morgan fingerprint density at radius 2 is 2.10 bits per heavy atom. The van der Waals surface area contributed by atoms with Crippen molar-refractivity contribution < 1.29 is 14.3 Å². The largest absolute Gasteiger partial charge is 0.452 e. The summed E-state index contributed by atoms with van der Waals surface area (Å²) in [7, 11) is 1.63. The molecule has 0 saturated carbocycles. The van der Waals surface area contributed by atoms with E-state index >= 15 is 0 Å². The Bertz CT molecular complexity index is 566. The molecule has 0 aromatic carbocycles. The first-order valence-electron chi connectivity index (χ1n) is 6.56. The summed E-state index contributed by atoms with van der Waals surface area (Å²) in [4.78, 5) is 25.5. The molecule has 0 radical (unpaired) electrons. The van der Waals surface area contributed by atoms with Crippen molar-refractivity contribution >= 4 is 23.5 Å². The number of aromatic nitrogens is 2. The first-order valence-corrected chi connectivity index (χ1v) is 6.94. The molecule has 1 aromatic rings. The maximum Gasteiger partial charge on any atom is 0.343 e. The standard InChI is InChI=1S/C14H20ClN3O3/c1-6-18(7-9(2)3)11(19)8-21-14(20)12-10(4)16-17(5)13(12)15/h2,6-8H2,1,3-5H3. The Hall–Kier alpha value is -1.82. The average Bonchev–Trinajstić information content (AvgIpc) is 2.66. The van der Waals surface area contributed by atoms with Crippen LogP contribution < -0.4 is 0 Å². The van der Waals surface area contributed by atoms with Crippen molar-refractivity contribution in [3.05, 3.63) is 28.6 Å². The predicted octanol–water partition coefficient (Wildman–Crippen LogP) is 1.96. The van der Waals surface area contributed by atoms with Gasteiger partial charge in [-0.2, -0.15) is 5.10 Å². The number of rotatable bonds is 6. The number of amides is 1. The highest BCUT2D eigenvalue weighted by atomic mass is 35.5. The Morgan fingerprint density at radius 3 is 2.52 bits per heavy atom. The van der Waals surface area contributed by atoms with E-state index in [1.807, 2.05) is 13.8 Å². The van der Waals surface area contributed by atoms with Gasteiger partial charge in [0, 0.05) is 20.1 Å². The molecule has 0 N–H and O–H groups in total.